The van der Waals surface area contributed by atoms with Gasteiger partial charge in [0.1, 0.15) is 24.0 Å². The molecule has 0 amide bonds. The second kappa shape index (κ2) is 8.21. The zero-order chi connectivity index (χ0) is 18.4. The summed E-state index contributed by atoms with van der Waals surface area (Å²) in [6.45, 7) is 0.402. The van der Waals surface area contributed by atoms with E-state index in [1.54, 1.807) is 12.1 Å². The van der Waals surface area contributed by atoms with Gasteiger partial charge in [-0.05, 0) is 29.3 Å². The number of benzene rings is 3. The summed E-state index contributed by atoms with van der Waals surface area (Å²) in [6.07, 6.45) is 0. The Morgan fingerprint density at radius 1 is 0.962 bits per heavy atom. The maximum absolute atomic E-state index is 12.4. The fourth-order valence-electron chi connectivity index (χ4n) is 2.80. The highest BCUT2D eigenvalue weighted by Crippen LogP contribution is 2.35. The van der Waals surface area contributed by atoms with Crippen LogP contribution < -0.4 is 4.74 Å². The SMILES string of the molecule is COC(=O)C(c1ccccc1)c1cc(OCc2ccccc2)ccc1O. The molecule has 0 fully saturated rings. The summed E-state index contributed by atoms with van der Waals surface area (Å²) < 4.78 is 10.8. The molecule has 0 bridgehead atoms. The van der Waals surface area contributed by atoms with Crippen molar-refractivity contribution in [1.29, 1.82) is 0 Å². The second-order valence-corrected chi connectivity index (χ2v) is 5.86. The number of esters is 1. The number of carbonyl (C=O) groups is 1. The Kier molecular flexibility index (Phi) is 5.54. The molecular weight excluding hydrogens is 328 g/mol. The molecule has 0 saturated carbocycles. The van der Waals surface area contributed by atoms with Crippen LogP contribution in [0.4, 0.5) is 0 Å². The van der Waals surface area contributed by atoms with Crippen molar-refractivity contribution in [1.82, 2.24) is 0 Å². The predicted octanol–water partition coefficient (Wildman–Crippen LogP) is 4.28. The first-order valence-electron chi connectivity index (χ1n) is 8.31. The summed E-state index contributed by atoms with van der Waals surface area (Å²) in [5.74, 6) is -0.559. The minimum atomic E-state index is -0.721. The summed E-state index contributed by atoms with van der Waals surface area (Å²) in [5, 5.41) is 10.3. The number of phenolic OH excluding ortho intramolecular Hbond substituents is 1. The number of methoxy groups -OCH3 is 1. The van der Waals surface area contributed by atoms with Gasteiger partial charge in [-0.3, -0.25) is 4.79 Å². The molecule has 0 aliphatic carbocycles. The van der Waals surface area contributed by atoms with Crippen LogP contribution >= 0.6 is 0 Å². The average molecular weight is 348 g/mol. The summed E-state index contributed by atoms with van der Waals surface area (Å²) in [6, 6.07) is 23.9. The van der Waals surface area contributed by atoms with Crippen LogP contribution in [-0.4, -0.2) is 18.2 Å². The zero-order valence-corrected chi connectivity index (χ0v) is 14.5. The highest BCUT2D eigenvalue weighted by atomic mass is 16.5. The number of carbonyl (C=O) groups excluding carboxylic acids is 1. The van der Waals surface area contributed by atoms with E-state index in [0.29, 0.717) is 17.9 Å². The smallest absolute Gasteiger partial charge is 0.317 e. The number of rotatable bonds is 6. The largest absolute Gasteiger partial charge is 0.508 e. The van der Waals surface area contributed by atoms with Gasteiger partial charge in [-0.15, -0.1) is 0 Å². The fourth-order valence-corrected chi connectivity index (χ4v) is 2.80. The van der Waals surface area contributed by atoms with Crippen molar-refractivity contribution >= 4 is 5.97 Å². The first kappa shape index (κ1) is 17.5. The Hall–Kier alpha value is -3.27. The standard InChI is InChI=1S/C22H20O4/c1-25-22(24)21(17-10-6-3-7-11-17)19-14-18(12-13-20(19)23)26-15-16-8-4-2-5-9-16/h2-14,21,23H,15H2,1H3. The molecule has 0 spiro atoms. The molecule has 0 aliphatic heterocycles. The Balaban J connectivity index is 1.90. The monoisotopic (exact) mass is 348 g/mol. The molecule has 0 aromatic heterocycles. The topological polar surface area (TPSA) is 55.8 Å². The molecule has 1 unspecified atom stereocenters. The van der Waals surface area contributed by atoms with E-state index >= 15 is 0 Å². The molecule has 3 rings (SSSR count). The lowest BCUT2D eigenvalue weighted by Gasteiger charge is -2.18. The minimum absolute atomic E-state index is 0.0244. The summed E-state index contributed by atoms with van der Waals surface area (Å²) in [4.78, 5) is 12.4. The lowest BCUT2D eigenvalue weighted by atomic mass is 9.90. The molecule has 26 heavy (non-hydrogen) atoms. The van der Waals surface area contributed by atoms with Crippen molar-refractivity contribution in [2.24, 2.45) is 0 Å². The van der Waals surface area contributed by atoms with Gasteiger partial charge in [0.2, 0.25) is 0 Å². The Bertz CT molecular complexity index is 860. The molecule has 0 radical (unpaired) electrons. The molecule has 1 atom stereocenters. The van der Waals surface area contributed by atoms with Gasteiger partial charge in [0, 0.05) is 5.56 Å². The van der Waals surface area contributed by atoms with Gasteiger partial charge in [0.15, 0.2) is 0 Å². The van der Waals surface area contributed by atoms with E-state index in [1.165, 1.54) is 13.2 Å². The lowest BCUT2D eigenvalue weighted by molar-refractivity contribution is -0.141. The van der Waals surface area contributed by atoms with E-state index < -0.39 is 11.9 Å². The van der Waals surface area contributed by atoms with Gasteiger partial charge in [-0.2, -0.15) is 0 Å². The van der Waals surface area contributed by atoms with Crippen molar-refractivity contribution < 1.29 is 19.4 Å². The molecule has 0 aliphatic rings. The van der Waals surface area contributed by atoms with E-state index in [9.17, 15) is 9.90 Å². The van der Waals surface area contributed by atoms with E-state index in [4.69, 9.17) is 9.47 Å². The maximum Gasteiger partial charge on any atom is 0.317 e. The van der Waals surface area contributed by atoms with Gasteiger partial charge in [0.05, 0.1) is 7.11 Å². The minimum Gasteiger partial charge on any atom is -0.508 e. The van der Waals surface area contributed by atoms with Crippen LogP contribution in [0.3, 0.4) is 0 Å². The number of phenols is 1. The molecule has 3 aromatic rings. The average Bonchev–Trinajstić information content (AvgIpc) is 2.70. The van der Waals surface area contributed by atoms with E-state index in [1.807, 2.05) is 60.7 Å². The molecule has 4 nitrogen and oxygen atoms in total. The van der Waals surface area contributed by atoms with Crippen molar-refractivity contribution in [2.45, 2.75) is 12.5 Å². The normalized spacial score (nSPS) is 11.6. The third-order valence-corrected chi connectivity index (χ3v) is 4.13. The van der Waals surface area contributed by atoms with Crippen molar-refractivity contribution in [2.75, 3.05) is 7.11 Å². The molecule has 0 heterocycles. The van der Waals surface area contributed by atoms with Gasteiger partial charge < -0.3 is 14.6 Å². The van der Waals surface area contributed by atoms with Crippen LogP contribution in [-0.2, 0) is 16.1 Å². The van der Waals surface area contributed by atoms with Crippen molar-refractivity contribution in [3.05, 3.63) is 95.6 Å². The van der Waals surface area contributed by atoms with Crippen LogP contribution in [0.25, 0.3) is 0 Å². The lowest BCUT2D eigenvalue weighted by Crippen LogP contribution is -2.16. The van der Waals surface area contributed by atoms with Crippen molar-refractivity contribution in [3.63, 3.8) is 0 Å². The third-order valence-electron chi connectivity index (χ3n) is 4.13. The molecule has 132 valence electrons. The van der Waals surface area contributed by atoms with Crippen LogP contribution in [0, 0.1) is 0 Å². The van der Waals surface area contributed by atoms with Gasteiger partial charge in [0.25, 0.3) is 0 Å². The van der Waals surface area contributed by atoms with Crippen molar-refractivity contribution in [3.8, 4) is 11.5 Å². The van der Waals surface area contributed by atoms with Crippen LogP contribution in [0.2, 0.25) is 0 Å². The van der Waals surface area contributed by atoms with Crippen LogP contribution in [0.5, 0.6) is 11.5 Å². The van der Waals surface area contributed by atoms with Gasteiger partial charge >= 0.3 is 5.97 Å². The first-order valence-corrected chi connectivity index (χ1v) is 8.31. The Morgan fingerprint density at radius 3 is 2.27 bits per heavy atom. The highest BCUT2D eigenvalue weighted by Gasteiger charge is 2.26. The predicted molar refractivity (Wildman–Crippen MR) is 99.2 cm³/mol. The maximum atomic E-state index is 12.4. The first-order chi connectivity index (χ1) is 12.7. The number of hydrogen-bond acceptors (Lipinski definition) is 4. The Labute approximate surface area is 152 Å². The summed E-state index contributed by atoms with van der Waals surface area (Å²) >= 11 is 0. The molecule has 0 saturated heterocycles. The van der Waals surface area contributed by atoms with E-state index in [0.717, 1.165) is 11.1 Å². The van der Waals surface area contributed by atoms with Gasteiger partial charge in [-0.25, -0.2) is 0 Å². The highest BCUT2D eigenvalue weighted by molar-refractivity contribution is 5.83. The summed E-state index contributed by atoms with van der Waals surface area (Å²) in [5.41, 5.74) is 2.23. The van der Waals surface area contributed by atoms with E-state index in [-0.39, 0.29) is 5.75 Å². The fraction of sp³-hybridized carbons (Fsp3) is 0.136. The number of hydrogen-bond donors (Lipinski definition) is 1. The Morgan fingerprint density at radius 2 is 1.62 bits per heavy atom. The number of ether oxygens (including phenoxy) is 2. The van der Waals surface area contributed by atoms with Gasteiger partial charge in [-0.1, -0.05) is 60.7 Å². The molecule has 1 N–H and O–H groups in total. The third kappa shape index (κ3) is 4.03. The molecule has 4 heteroatoms. The zero-order valence-electron chi connectivity index (χ0n) is 14.5. The number of aromatic hydroxyl groups is 1. The molecule has 3 aromatic carbocycles. The van der Waals surface area contributed by atoms with Crippen LogP contribution in [0.15, 0.2) is 78.9 Å². The van der Waals surface area contributed by atoms with E-state index in [2.05, 4.69) is 0 Å². The molecular formula is C22H20O4. The summed E-state index contributed by atoms with van der Waals surface area (Å²) in [7, 11) is 1.34. The quantitative estimate of drug-likeness (QED) is 0.676. The second-order valence-electron chi connectivity index (χ2n) is 5.86. The van der Waals surface area contributed by atoms with Crippen LogP contribution in [0.1, 0.15) is 22.6 Å².